The van der Waals surface area contributed by atoms with Crippen molar-refractivity contribution in [1.82, 2.24) is 19.1 Å². The van der Waals surface area contributed by atoms with Crippen molar-refractivity contribution in [2.24, 2.45) is 12.1 Å². The molecule has 4 aromatic rings. The monoisotopic (exact) mass is 590 g/mol. The highest BCUT2D eigenvalue weighted by Gasteiger charge is 2.20. The lowest BCUT2D eigenvalue weighted by Crippen LogP contribution is -2.30. The molecule has 2 aromatic heterocycles. The van der Waals surface area contributed by atoms with Gasteiger partial charge < -0.3 is 14.4 Å². The molecule has 10 nitrogen and oxygen atoms in total. The summed E-state index contributed by atoms with van der Waals surface area (Å²) in [6.07, 6.45) is 0.612. The standard InChI is InChI=1S/C22H20Br2N6O4/c1-29-19-18(20(32)27-22(29)33)30(11-16(31)12-34-17-8-6-15(24)7-9-17)21(26-19)28-25-10-13-2-4-14(23)5-3-13/h2-10,16,31H,11-12H2,1H3,(H,26,28)(H,27,32,33). The highest BCUT2D eigenvalue weighted by Crippen LogP contribution is 2.18. The summed E-state index contributed by atoms with van der Waals surface area (Å²) >= 11 is 6.74. The van der Waals surface area contributed by atoms with Crippen molar-refractivity contribution in [3.8, 4) is 5.75 Å². The van der Waals surface area contributed by atoms with Crippen LogP contribution in [0.4, 0.5) is 5.95 Å². The third kappa shape index (κ3) is 5.46. The van der Waals surface area contributed by atoms with Crippen LogP contribution in [0.15, 0.2) is 72.2 Å². The number of aliphatic hydroxyl groups is 1. The van der Waals surface area contributed by atoms with Crippen LogP contribution in [0, 0.1) is 0 Å². The molecule has 176 valence electrons. The lowest BCUT2D eigenvalue weighted by Gasteiger charge is -2.15. The molecule has 0 fully saturated rings. The number of hydrazone groups is 1. The number of nitrogens with zero attached hydrogens (tertiary/aromatic N) is 4. The van der Waals surface area contributed by atoms with Gasteiger partial charge in [0, 0.05) is 16.0 Å². The number of rotatable bonds is 8. The molecule has 0 amide bonds. The van der Waals surface area contributed by atoms with E-state index in [4.69, 9.17) is 4.74 Å². The Morgan fingerprint density at radius 3 is 2.47 bits per heavy atom. The van der Waals surface area contributed by atoms with Crippen LogP contribution >= 0.6 is 31.9 Å². The van der Waals surface area contributed by atoms with Crippen molar-refractivity contribution in [2.75, 3.05) is 12.0 Å². The first-order valence-electron chi connectivity index (χ1n) is 10.1. The van der Waals surface area contributed by atoms with Crippen molar-refractivity contribution < 1.29 is 9.84 Å². The fourth-order valence-corrected chi connectivity index (χ4v) is 3.73. The molecule has 0 bridgehead atoms. The second-order valence-corrected chi connectivity index (χ2v) is 9.21. The van der Waals surface area contributed by atoms with E-state index in [1.807, 2.05) is 36.4 Å². The zero-order valence-electron chi connectivity index (χ0n) is 17.9. The largest absolute Gasteiger partial charge is 0.491 e. The van der Waals surface area contributed by atoms with Crippen LogP contribution in [0.2, 0.25) is 0 Å². The molecule has 0 aliphatic heterocycles. The van der Waals surface area contributed by atoms with Gasteiger partial charge in [0.2, 0.25) is 5.95 Å². The maximum Gasteiger partial charge on any atom is 0.329 e. The Balaban J connectivity index is 1.60. The highest BCUT2D eigenvalue weighted by atomic mass is 79.9. The number of fused-ring (bicyclic) bond motifs is 1. The van der Waals surface area contributed by atoms with E-state index < -0.39 is 17.4 Å². The number of halogens is 2. The lowest BCUT2D eigenvalue weighted by molar-refractivity contribution is 0.0938. The van der Waals surface area contributed by atoms with Gasteiger partial charge in [-0.2, -0.15) is 10.1 Å². The molecule has 34 heavy (non-hydrogen) atoms. The summed E-state index contributed by atoms with van der Waals surface area (Å²) in [4.78, 5) is 31.3. The van der Waals surface area contributed by atoms with Crippen molar-refractivity contribution in [3.63, 3.8) is 0 Å². The molecule has 0 saturated heterocycles. The third-order valence-corrected chi connectivity index (χ3v) is 5.96. The Labute approximate surface area is 210 Å². The van der Waals surface area contributed by atoms with E-state index in [2.05, 4.69) is 52.4 Å². The summed E-state index contributed by atoms with van der Waals surface area (Å²) in [5.74, 6) is 0.785. The van der Waals surface area contributed by atoms with Gasteiger partial charge in [0.25, 0.3) is 5.56 Å². The maximum absolute atomic E-state index is 12.6. The Bertz CT molecular complexity index is 1440. The van der Waals surface area contributed by atoms with E-state index in [1.165, 1.54) is 16.2 Å². The predicted molar refractivity (Wildman–Crippen MR) is 137 cm³/mol. The van der Waals surface area contributed by atoms with E-state index in [1.54, 1.807) is 18.3 Å². The first-order valence-corrected chi connectivity index (χ1v) is 11.7. The van der Waals surface area contributed by atoms with Crippen molar-refractivity contribution in [2.45, 2.75) is 12.6 Å². The Morgan fingerprint density at radius 2 is 1.79 bits per heavy atom. The number of imidazole rings is 1. The summed E-state index contributed by atoms with van der Waals surface area (Å²) in [5.41, 5.74) is 2.74. The normalized spacial score (nSPS) is 12.4. The fourth-order valence-electron chi connectivity index (χ4n) is 3.20. The van der Waals surface area contributed by atoms with E-state index in [0.717, 1.165) is 14.5 Å². The van der Waals surface area contributed by atoms with E-state index >= 15 is 0 Å². The van der Waals surface area contributed by atoms with Gasteiger partial charge in [0.1, 0.15) is 18.5 Å². The number of nitrogens with one attached hydrogen (secondary N) is 2. The highest BCUT2D eigenvalue weighted by molar-refractivity contribution is 9.10. The van der Waals surface area contributed by atoms with Crippen molar-refractivity contribution >= 4 is 55.2 Å². The molecule has 0 spiro atoms. The molecule has 2 heterocycles. The first-order chi connectivity index (χ1) is 16.3. The summed E-state index contributed by atoms with van der Waals surface area (Å²) in [7, 11) is 1.50. The number of H-pyrrole nitrogens is 1. The molecule has 0 radical (unpaired) electrons. The van der Waals surface area contributed by atoms with E-state index in [9.17, 15) is 14.7 Å². The Morgan fingerprint density at radius 1 is 1.15 bits per heavy atom. The van der Waals surface area contributed by atoms with Crippen LogP contribution in [-0.4, -0.2) is 43.1 Å². The number of aliphatic hydroxyl groups excluding tert-OH is 1. The summed E-state index contributed by atoms with van der Waals surface area (Å²) in [6.45, 7) is -0.0446. The zero-order chi connectivity index (χ0) is 24.2. The average molecular weight is 592 g/mol. The third-order valence-electron chi connectivity index (χ3n) is 4.90. The number of aromatic nitrogens is 4. The van der Waals surface area contributed by atoms with Gasteiger partial charge in [-0.1, -0.05) is 44.0 Å². The Kier molecular flexibility index (Phi) is 7.29. The maximum atomic E-state index is 12.6. The van der Waals surface area contributed by atoms with Crippen LogP contribution in [0.25, 0.3) is 11.2 Å². The molecule has 1 unspecified atom stereocenters. The summed E-state index contributed by atoms with van der Waals surface area (Å²) in [5, 5.41) is 14.8. The van der Waals surface area contributed by atoms with Crippen LogP contribution in [-0.2, 0) is 13.6 Å². The molecule has 2 aromatic carbocycles. The number of hydrogen-bond donors (Lipinski definition) is 3. The molecule has 0 aliphatic rings. The fraction of sp³-hybridized carbons (Fsp3) is 0.182. The van der Waals surface area contributed by atoms with Crippen molar-refractivity contribution in [1.29, 1.82) is 0 Å². The van der Waals surface area contributed by atoms with Gasteiger partial charge in [-0.25, -0.2) is 10.2 Å². The molecule has 0 aliphatic carbocycles. The minimum Gasteiger partial charge on any atom is -0.491 e. The lowest BCUT2D eigenvalue weighted by atomic mass is 10.2. The first kappa shape index (κ1) is 23.9. The van der Waals surface area contributed by atoms with Crippen LogP contribution in [0.1, 0.15) is 5.56 Å². The topological polar surface area (TPSA) is 127 Å². The number of aryl methyl sites for hydroxylation is 1. The smallest absolute Gasteiger partial charge is 0.329 e. The second kappa shape index (κ2) is 10.4. The van der Waals surface area contributed by atoms with Gasteiger partial charge in [-0.05, 0) is 42.0 Å². The number of aromatic amines is 1. The number of anilines is 1. The van der Waals surface area contributed by atoms with Crippen molar-refractivity contribution in [3.05, 3.63) is 83.9 Å². The van der Waals surface area contributed by atoms with E-state index in [0.29, 0.717) is 5.75 Å². The number of hydrogen-bond acceptors (Lipinski definition) is 7. The average Bonchev–Trinajstić information content (AvgIpc) is 3.17. The molecular formula is C22H20Br2N6O4. The van der Waals surface area contributed by atoms with E-state index in [-0.39, 0.29) is 30.3 Å². The molecule has 1 atom stereocenters. The minimum absolute atomic E-state index is 0.0213. The number of ether oxygens (including phenoxy) is 1. The SMILES string of the molecule is Cn1c(=O)[nH]c(=O)c2c1nc(NN=Cc1ccc(Br)cc1)n2CC(O)COc1ccc(Br)cc1. The zero-order valence-corrected chi connectivity index (χ0v) is 21.1. The van der Waals surface area contributed by atoms with Gasteiger partial charge in [0.05, 0.1) is 12.8 Å². The molecular weight excluding hydrogens is 572 g/mol. The quantitative estimate of drug-likeness (QED) is 0.214. The second-order valence-electron chi connectivity index (χ2n) is 7.38. The summed E-state index contributed by atoms with van der Waals surface area (Å²) < 4.78 is 10.2. The van der Waals surface area contributed by atoms with Crippen LogP contribution in [0.5, 0.6) is 5.75 Å². The molecule has 3 N–H and O–H groups in total. The van der Waals surface area contributed by atoms with Crippen LogP contribution in [0.3, 0.4) is 0 Å². The number of benzene rings is 2. The Hall–Kier alpha value is -3.22. The minimum atomic E-state index is -0.978. The predicted octanol–water partition coefficient (Wildman–Crippen LogP) is 2.83. The van der Waals surface area contributed by atoms with Crippen LogP contribution < -0.4 is 21.4 Å². The van der Waals surface area contributed by atoms with Gasteiger partial charge in [-0.3, -0.25) is 14.3 Å². The molecule has 0 saturated carbocycles. The van der Waals surface area contributed by atoms with Gasteiger partial charge in [0.15, 0.2) is 11.2 Å². The van der Waals surface area contributed by atoms with Gasteiger partial charge in [-0.15, -0.1) is 0 Å². The summed E-state index contributed by atoms with van der Waals surface area (Å²) in [6, 6.07) is 14.7. The molecule has 12 heteroatoms. The van der Waals surface area contributed by atoms with Gasteiger partial charge >= 0.3 is 5.69 Å². The molecule has 4 rings (SSSR count).